The predicted molar refractivity (Wildman–Crippen MR) is 64.2 cm³/mol. The van der Waals surface area contributed by atoms with E-state index in [4.69, 9.17) is 4.74 Å². The van der Waals surface area contributed by atoms with Crippen LogP contribution in [-0.2, 0) is 9.53 Å². The highest BCUT2D eigenvalue weighted by Crippen LogP contribution is 2.25. The monoisotopic (exact) mass is 231 g/mol. The Hall–Kier alpha value is -0.220. The summed E-state index contributed by atoms with van der Waals surface area (Å²) in [6, 6.07) is 0. The highest BCUT2D eigenvalue weighted by molar-refractivity contribution is 8.00. The smallest absolute Gasteiger partial charge is 0.246 e. The first-order valence-electron chi connectivity index (χ1n) is 5.49. The molecule has 1 aliphatic heterocycles. The van der Waals surface area contributed by atoms with Crippen LogP contribution in [0.4, 0.5) is 0 Å². The zero-order chi connectivity index (χ0) is 11.3. The molecule has 3 nitrogen and oxygen atoms in total. The minimum atomic E-state index is -0.237. The molecule has 0 aromatic carbocycles. The van der Waals surface area contributed by atoms with E-state index in [2.05, 4.69) is 5.32 Å². The predicted octanol–water partition coefficient (Wildman–Crippen LogP) is 1.81. The van der Waals surface area contributed by atoms with Crippen LogP contribution in [0.3, 0.4) is 0 Å². The molecule has 15 heavy (non-hydrogen) atoms. The lowest BCUT2D eigenvalue weighted by Crippen LogP contribution is -2.35. The van der Waals surface area contributed by atoms with E-state index in [0.717, 1.165) is 6.54 Å². The Kier molecular flexibility index (Phi) is 4.93. The average Bonchev–Trinajstić information content (AvgIpc) is 2.62. The van der Waals surface area contributed by atoms with Crippen molar-refractivity contribution in [2.75, 3.05) is 18.9 Å². The maximum absolute atomic E-state index is 11.4. The van der Waals surface area contributed by atoms with Gasteiger partial charge in [-0.1, -0.05) is 0 Å². The summed E-state index contributed by atoms with van der Waals surface area (Å²) in [6.07, 6.45) is 2.51. The standard InChI is InChI=1S/C11H21NO2S/c1-11(2,3)14-8-10(13)12-7-9-5-4-6-15-9/h9H,4-8H2,1-3H3,(H,12,13). The maximum atomic E-state index is 11.4. The van der Waals surface area contributed by atoms with Crippen LogP contribution in [0.25, 0.3) is 0 Å². The molecular formula is C11H21NO2S. The number of nitrogens with one attached hydrogen (secondary N) is 1. The minimum absolute atomic E-state index is 0.00238. The Morgan fingerprint density at radius 2 is 2.27 bits per heavy atom. The first-order valence-corrected chi connectivity index (χ1v) is 6.54. The van der Waals surface area contributed by atoms with Crippen LogP contribution in [0.5, 0.6) is 0 Å². The summed E-state index contributed by atoms with van der Waals surface area (Å²) in [6.45, 7) is 6.81. The molecule has 1 aliphatic rings. The third-order valence-electron chi connectivity index (χ3n) is 2.19. The van der Waals surface area contributed by atoms with E-state index in [-0.39, 0.29) is 18.1 Å². The number of hydrogen-bond acceptors (Lipinski definition) is 3. The van der Waals surface area contributed by atoms with Gasteiger partial charge in [0.2, 0.25) is 5.91 Å². The lowest BCUT2D eigenvalue weighted by Gasteiger charge is -2.19. The van der Waals surface area contributed by atoms with Crippen LogP contribution in [0.1, 0.15) is 33.6 Å². The Morgan fingerprint density at radius 3 is 2.80 bits per heavy atom. The second-order valence-corrected chi connectivity index (χ2v) is 6.25. The SMILES string of the molecule is CC(C)(C)OCC(=O)NCC1CCCS1. The quantitative estimate of drug-likeness (QED) is 0.802. The van der Waals surface area contributed by atoms with Gasteiger partial charge in [-0.25, -0.2) is 0 Å². The van der Waals surface area contributed by atoms with Crippen LogP contribution in [0.15, 0.2) is 0 Å². The molecule has 4 heteroatoms. The molecule has 0 saturated carbocycles. The summed E-state index contributed by atoms with van der Waals surface area (Å²) in [7, 11) is 0. The van der Waals surface area contributed by atoms with E-state index in [1.54, 1.807) is 0 Å². The summed E-state index contributed by atoms with van der Waals surface area (Å²) < 4.78 is 5.39. The van der Waals surface area contributed by atoms with Crippen molar-refractivity contribution in [1.82, 2.24) is 5.32 Å². The van der Waals surface area contributed by atoms with Gasteiger partial charge in [0.05, 0.1) is 5.60 Å². The van der Waals surface area contributed by atoms with Crippen LogP contribution < -0.4 is 5.32 Å². The van der Waals surface area contributed by atoms with Gasteiger partial charge in [-0.3, -0.25) is 4.79 Å². The van der Waals surface area contributed by atoms with Gasteiger partial charge in [0.1, 0.15) is 6.61 Å². The van der Waals surface area contributed by atoms with Crippen molar-refractivity contribution in [1.29, 1.82) is 0 Å². The Bertz CT molecular complexity index is 207. The number of carbonyl (C=O) groups excluding carboxylic acids is 1. The molecule has 0 aliphatic carbocycles. The molecule has 88 valence electrons. The van der Waals surface area contributed by atoms with Crippen molar-refractivity contribution in [2.24, 2.45) is 0 Å². The fraction of sp³-hybridized carbons (Fsp3) is 0.909. The van der Waals surface area contributed by atoms with E-state index in [9.17, 15) is 4.79 Å². The lowest BCUT2D eigenvalue weighted by atomic mass is 10.2. The van der Waals surface area contributed by atoms with E-state index in [1.807, 2.05) is 32.5 Å². The largest absolute Gasteiger partial charge is 0.366 e. The number of carbonyl (C=O) groups is 1. The van der Waals surface area contributed by atoms with Crippen LogP contribution in [-0.4, -0.2) is 35.7 Å². The summed E-state index contributed by atoms with van der Waals surface area (Å²) in [5.74, 6) is 1.23. The van der Waals surface area contributed by atoms with Crippen LogP contribution in [0, 0.1) is 0 Å². The fourth-order valence-electron chi connectivity index (χ4n) is 1.37. The summed E-state index contributed by atoms with van der Waals surface area (Å²) in [5.41, 5.74) is -0.237. The Morgan fingerprint density at radius 1 is 1.53 bits per heavy atom. The number of amides is 1. The molecular weight excluding hydrogens is 210 g/mol. The van der Waals surface area contributed by atoms with Crippen LogP contribution in [0.2, 0.25) is 0 Å². The first-order chi connectivity index (χ1) is 6.97. The summed E-state index contributed by atoms with van der Waals surface area (Å²) in [5, 5.41) is 3.53. The first kappa shape index (κ1) is 12.8. The highest BCUT2D eigenvalue weighted by atomic mass is 32.2. The van der Waals surface area contributed by atoms with Gasteiger partial charge in [-0.05, 0) is 39.4 Å². The zero-order valence-electron chi connectivity index (χ0n) is 9.84. The van der Waals surface area contributed by atoms with Gasteiger partial charge in [0, 0.05) is 11.8 Å². The Balaban J connectivity index is 2.08. The maximum Gasteiger partial charge on any atom is 0.246 e. The molecule has 1 unspecified atom stereocenters. The molecule has 0 bridgehead atoms. The number of ether oxygens (including phenoxy) is 1. The number of hydrogen-bond donors (Lipinski definition) is 1. The molecule has 0 spiro atoms. The van der Waals surface area contributed by atoms with Gasteiger partial charge < -0.3 is 10.1 Å². The van der Waals surface area contributed by atoms with Gasteiger partial charge in [0.15, 0.2) is 0 Å². The van der Waals surface area contributed by atoms with E-state index >= 15 is 0 Å². The van der Waals surface area contributed by atoms with Gasteiger partial charge in [-0.2, -0.15) is 11.8 Å². The second-order valence-electron chi connectivity index (χ2n) is 4.84. The van der Waals surface area contributed by atoms with Gasteiger partial charge in [0.25, 0.3) is 0 Å². The minimum Gasteiger partial charge on any atom is -0.366 e. The molecule has 1 saturated heterocycles. The molecule has 0 aromatic rings. The topological polar surface area (TPSA) is 38.3 Å². The van der Waals surface area contributed by atoms with E-state index in [0.29, 0.717) is 5.25 Å². The normalized spacial score (nSPS) is 21.7. The molecule has 1 rings (SSSR count). The molecule has 1 amide bonds. The fourth-order valence-corrected chi connectivity index (χ4v) is 2.57. The van der Waals surface area contributed by atoms with Crippen molar-refractivity contribution >= 4 is 17.7 Å². The number of thioether (sulfide) groups is 1. The molecule has 0 radical (unpaired) electrons. The Labute approximate surface area is 96.3 Å². The summed E-state index contributed by atoms with van der Waals surface area (Å²) >= 11 is 1.95. The van der Waals surface area contributed by atoms with E-state index in [1.165, 1.54) is 18.6 Å². The van der Waals surface area contributed by atoms with Crippen molar-refractivity contribution in [3.05, 3.63) is 0 Å². The molecule has 0 aromatic heterocycles. The van der Waals surface area contributed by atoms with Crippen molar-refractivity contribution in [3.63, 3.8) is 0 Å². The average molecular weight is 231 g/mol. The lowest BCUT2D eigenvalue weighted by molar-refractivity contribution is -0.130. The third kappa shape index (κ3) is 6.05. The van der Waals surface area contributed by atoms with Crippen molar-refractivity contribution < 1.29 is 9.53 Å². The number of rotatable bonds is 4. The van der Waals surface area contributed by atoms with E-state index < -0.39 is 0 Å². The molecule has 1 heterocycles. The zero-order valence-corrected chi connectivity index (χ0v) is 10.7. The highest BCUT2D eigenvalue weighted by Gasteiger charge is 2.17. The third-order valence-corrected chi connectivity index (χ3v) is 3.59. The van der Waals surface area contributed by atoms with Crippen molar-refractivity contribution in [3.8, 4) is 0 Å². The van der Waals surface area contributed by atoms with Gasteiger partial charge in [-0.15, -0.1) is 0 Å². The van der Waals surface area contributed by atoms with Gasteiger partial charge >= 0.3 is 0 Å². The molecule has 1 N–H and O–H groups in total. The summed E-state index contributed by atoms with van der Waals surface area (Å²) in [4.78, 5) is 11.4. The van der Waals surface area contributed by atoms with Crippen molar-refractivity contribution in [2.45, 2.75) is 44.5 Å². The molecule has 1 atom stereocenters. The van der Waals surface area contributed by atoms with Crippen LogP contribution >= 0.6 is 11.8 Å². The molecule has 1 fully saturated rings. The second kappa shape index (κ2) is 5.75.